The van der Waals surface area contributed by atoms with Crippen molar-refractivity contribution in [2.75, 3.05) is 0 Å². The molecule has 1 fully saturated rings. The molecule has 0 aliphatic heterocycles. The molecule has 3 rings (SSSR count). The molecule has 96 valence electrons. The van der Waals surface area contributed by atoms with E-state index in [1.54, 1.807) is 0 Å². The van der Waals surface area contributed by atoms with E-state index in [9.17, 15) is 0 Å². The van der Waals surface area contributed by atoms with Crippen LogP contribution in [-0.4, -0.2) is 14.5 Å². The second-order valence-electron chi connectivity index (χ2n) is 5.20. The lowest BCUT2D eigenvalue weighted by atomic mass is 9.83. The number of pyridine rings is 1. The second-order valence-corrected chi connectivity index (χ2v) is 5.47. The van der Waals surface area contributed by atoms with Crippen LogP contribution in [0.15, 0.2) is 12.3 Å². The summed E-state index contributed by atoms with van der Waals surface area (Å²) in [6.45, 7) is 3.07. The third-order valence-corrected chi connectivity index (χ3v) is 4.26. The Morgan fingerprint density at radius 2 is 2.28 bits per heavy atom. The first-order valence-corrected chi connectivity index (χ1v) is 7.19. The van der Waals surface area contributed by atoms with Crippen molar-refractivity contribution in [3.63, 3.8) is 0 Å². The molecule has 0 N–H and O–H groups in total. The molecule has 4 heteroatoms. The van der Waals surface area contributed by atoms with Crippen molar-refractivity contribution in [2.24, 2.45) is 5.92 Å². The van der Waals surface area contributed by atoms with Gasteiger partial charge in [0, 0.05) is 12.7 Å². The minimum atomic E-state index is 0.459. The van der Waals surface area contributed by atoms with E-state index < -0.39 is 0 Å². The zero-order valence-corrected chi connectivity index (χ0v) is 11.5. The number of fused-ring (bicyclic) bond motifs is 1. The van der Waals surface area contributed by atoms with Crippen molar-refractivity contribution in [2.45, 2.75) is 45.0 Å². The number of halogens is 1. The van der Waals surface area contributed by atoms with Gasteiger partial charge in [0.25, 0.3) is 0 Å². The molecule has 0 radical (unpaired) electrons. The Balaban J connectivity index is 1.94. The molecule has 0 aromatic carbocycles. The van der Waals surface area contributed by atoms with Crippen molar-refractivity contribution in [1.29, 1.82) is 0 Å². The highest BCUT2D eigenvalue weighted by Crippen LogP contribution is 2.30. The molecule has 0 saturated heterocycles. The summed E-state index contributed by atoms with van der Waals surface area (Å²) in [4.78, 5) is 9.10. The summed E-state index contributed by atoms with van der Waals surface area (Å²) >= 11 is 6.01. The maximum atomic E-state index is 6.01. The summed E-state index contributed by atoms with van der Waals surface area (Å²) in [6, 6.07) is 2.00. The molecular weight excluding hydrogens is 246 g/mol. The van der Waals surface area contributed by atoms with E-state index in [2.05, 4.69) is 21.5 Å². The van der Waals surface area contributed by atoms with E-state index in [1.165, 1.54) is 31.2 Å². The Kier molecular flexibility index (Phi) is 3.25. The largest absolute Gasteiger partial charge is 0.312 e. The van der Waals surface area contributed by atoms with Gasteiger partial charge in [-0.15, -0.1) is 11.6 Å². The number of hydrogen-bond donors (Lipinski definition) is 0. The average molecular weight is 264 g/mol. The first-order chi connectivity index (χ1) is 8.79. The summed E-state index contributed by atoms with van der Waals surface area (Å²) in [7, 11) is 0. The first kappa shape index (κ1) is 12.0. The number of rotatable bonds is 4. The third kappa shape index (κ3) is 2.01. The number of alkyl halides is 1. The molecule has 3 nitrogen and oxygen atoms in total. The highest BCUT2D eigenvalue weighted by atomic mass is 35.5. The summed E-state index contributed by atoms with van der Waals surface area (Å²) in [5.74, 6) is 2.31. The van der Waals surface area contributed by atoms with Crippen molar-refractivity contribution in [3.8, 4) is 0 Å². The van der Waals surface area contributed by atoms with Gasteiger partial charge in [-0.05, 0) is 30.9 Å². The number of nitrogens with zero attached hydrogens (tertiary/aromatic N) is 3. The predicted octanol–water partition coefficient (Wildman–Crippen LogP) is 3.67. The Morgan fingerprint density at radius 3 is 2.94 bits per heavy atom. The SMILES string of the molecule is Cc1ccnc2c1nc(CCl)n2CCC1CCC1. The summed E-state index contributed by atoms with van der Waals surface area (Å²) in [5.41, 5.74) is 3.17. The van der Waals surface area contributed by atoms with Crippen LogP contribution < -0.4 is 0 Å². The maximum Gasteiger partial charge on any atom is 0.160 e. The van der Waals surface area contributed by atoms with Crippen molar-refractivity contribution < 1.29 is 0 Å². The van der Waals surface area contributed by atoms with E-state index in [1.807, 2.05) is 12.3 Å². The van der Waals surface area contributed by atoms with Crippen molar-refractivity contribution in [3.05, 3.63) is 23.7 Å². The highest BCUT2D eigenvalue weighted by molar-refractivity contribution is 6.16. The molecule has 0 unspecified atom stereocenters. The van der Waals surface area contributed by atoms with Crippen LogP contribution >= 0.6 is 11.6 Å². The van der Waals surface area contributed by atoms with Gasteiger partial charge in [0.05, 0.1) is 5.88 Å². The topological polar surface area (TPSA) is 30.7 Å². The molecule has 0 atom stereocenters. The summed E-state index contributed by atoms with van der Waals surface area (Å²) in [5, 5.41) is 0. The van der Waals surface area contributed by atoms with Gasteiger partial charge in [0.15, 0.2) is 5.65 Å². The van der Waals surface area contributed by atoms with Gasteiger partial charge in [0.1, 0.15) is 11.3 Å². The Hall–Kier alpha value is -1.09. The van der Waals surface area contributed by atoms with Gasteiger partial charge in [-0.1, -0.05) is 19.3 Å². The molecule has 1 aliphatic carbocycles. The first-order valence-electron chi connectivity index (χ1n) is 6.66. The van der Waals surface area contributed by atoms with Gasteiger partial charge in [-0.25, -0.2) is 9.97 Å². The van der Waals surface area contributed by atoms with Crippen LogP contribution in [-0.2, 0) is 12.4 Å². The average Bonchev–Trinajstić information content (AvgIpc) is 2.67. The summed E-state index contributed by atoms with van der Waals surface area (Å²) in [6.07, 6.45) is 7.25. The van der Waals surface area contributed by atoms with Crippen LogP contribution in [0.1, 0.15) is 37.1 Å². The van der Waals surface area contributed by atoms with Gasteiger partial charge in [-0.3, -0.25) is 0 Å². The maximum absolute atomic E-state index is 6.01. The molecule has 0 amide bonds. The molecule has 0 spiro atoms. The van der Waals surface area contributed by atoms with Crippen LogP contribution in [0.2, 0.25) is 0 Å². The number of aromatic nitrogens is 3. The second kappa shape index (κ2) is 4.88. The molecule has 1 saturated carbocycles. The van der Waals surface area contributed by atoms with Crippen molar-refractivity contribution in [1.82, 2.24) is 14.5 Å². The lowest BCUT2D eigenvalue weighted by Crippen LogP contribution is -2.15. The lowest BCUT2D eigenvalue weighted by molar-refractivity contribution is 0.282. The molecular formula is C14H18ClN3. The standard InChI is InChI=1S/C14H18ClN3/c1-10-5-7-16-14-13(10)17-12(9-15)18(14)8-6-11-3-2-4-11/h5,7,11H,2-4,6,8-9H2,1H3. The van der Waals surface area contributed by atoms with E-state index >= 15 is 0 Å². The normalized spacial score (nSPS) is 16.1. The monoisotopic (exact) mass is 263 g/mol. The minimum absolute atomic E-state index is 0.459. The minimum Gasteiger partial charge on any atom is -0.312 e. The fraction of sp³-hybridized carbons (Fsp3) is 0.571. The molecule has 2 aromatic rings. The van der Waals surface area contributed by atoms with E-state index in [0.29, 0.717) is 5.88 Å². The number of aryl methyl sites for hydroxylation is 2. The molecule has 2 aromatic heterocycles. The molecule has 18 heavy (non-hydrogen) atoms. The third-order valence-electron chi connectivity index (χ3n) is 4.02. The summed E-state index contributed by atoms with van der Waals surface area (Å²) < 4.78 is 2.20. The Morgan fingerprint density at radius 1 is 1.44 bits per heavy atom. The van der Waals surface area contributed by atoms with Crippen LogP contribution in [0.3, 0.4) is 0 Å². The van der Waals surface area contributed by atoms with Gasteiger partial charge >= 0.3 is 0 Å². The zero-order chi connectivity index (χ0) is 12.5. The quantitative estimate of drug-likeness (QED) is 0.788. The molecule has 2 heterocycles. The van der Waals surface area contributed by atoms with Crippen LogP contribution in [0.25, 0.3) is 11.2 Å². The number of hydrogen-bond acceptors (Lipinski definition) is 2. The van der Waals surface area contributed by atoms with Crippen molar-refractivity contribution >= 4 is 22.8 Å². The smallest absolute Gasteiger partial charge is 0.160 e. The fourth-order valence-corrected chi connectivity index (χ4v) is 2.82. The highest BCUT2D eigenvalue weighted by Gasteiger charge is 2.19. The van der Waals surface area contributed by atoms with E-state index in [-0.39, 0.29) is 0 Å². The Labute approximate surface area is 112 Å². The van der Waals surface area contributed by atoms with Crippen LogP contribution in [0.5, 0.6) is 0 Å². The molecule has 1 aliphatic rings. The van der Waals surface area contributed by atoms with Crippen LogP contribution in [0, 0.1) is 12.8 Å². The van der Waals surface area contributed by atoms with Gasteiger partial charge in [-0.2, -0.15) is 0 Å². The van der Waals surface area contributed by atoms with E-state index in [4.69, 9.17) is 11.6 Å². The van der Waals surface area contributed by atoms with Gasteiger partial charge < -0.3 is 4.57 Å². The zero-order valence-electron chi connectivity index (χ0n) is 10.7. The number of imidazole rings is 1. The van der Waals surface area contributed by atoms with E-state index in [0.717, 1.165) is 29.5 Å². The lowest BCUT2D eigenvalue weighted by Gasteiger charge is -2.25. The fourth-order valence-electron chi connectivity index (χ4n) is 2.61. The predicted molar refractivity (Wildman–Crippen MR) is 73.8 cm³/mol. The molecule has 0 bridgehead atoms. The van der Waals surface area contributed by atoms with Crippen LogP contribution in [0.4, 0.5) is 0 Å². The Bertz CT molecular complexity index is 557. The van der Waals surface area contributed by atoms with Gasteiger partial charge in [0.2, 0.25) is 0 Å².